The fourth-order valence-electron chi connectivity index (χ4n) is 2.51. The second-order valence-electron chi connectivity index (χ2n) is 4.05. The molecule has 11 heavy (non-hydrogen) atoms. The number of nitrogens with zero attached hydrogens (tertiary/aromatic N) is 1. The van der Waals surface area contributed by atoms with E-state index in [1.165, 1.54) is 0 Å². The highest BCUT2D eigenvalue weighted by molar-refractivity contribution is 5.01. The van der Waals surface area contributed by atoms with Crippen LogP contribution < -0.4 is 5.32 Å². The molecule has 3 nitrogen and oxygen atoms in total. The zero-order valence-corrected chi connectivity index (χ0v) is 7.01. The molecule has 2 aliphatic heterocycles. The molecule has 0 aromatic heterocycles. The predicted molar refractivity (Wildman–Crippen MR) is 43.4 cm³/mol. The molecule has 0 saturated carbocycles. The summed E-state index contributed by atoms with van der Waals surface area (Å²) in [5.41, 5.74) is 0.189. The maximum atomic E-state index is 9.28. The molecule has 0 amide bonds. The number of hydrogen-bond donors (Lipinski definition) is 2. The van der Waals surface area contributed by atoms with Gasteiger partial charge in [-0.2, -0.15) is 0 Å². The Morgan fingerprint density at radius 1 is 1.73 bits per heavy atom. The molecule has 0 aromatic rings. The van der Waals surface area contributed by atoms with Gasteiger partial charge in [0.15, 0.2) is 0 Å². The van der Waals surface area contributed by atoms with E-state index in [0.717, 1.165) is 26.2 Å². The maximum Gasteiger partial charge on any atom is 0.0515 e. The quantitative estimate of drug-likeness (QED) is 0.518. The molecule has 0 aliphatic carbocycles. The van der Waals surface area contributed by atoms with Gasteiger partial charge < -0.3 is 15.3 Å². The van der Waals surface area contributed by atoms with Crippen molar-refractivity contribution in [3.63, 3.8) is 0 Å². The molecular weight excluding hydrogens is 140 g/mol. The van der Waals surface area contributed by atoms with Gasteiger partial charge >= 0.3 is 0 Å². The van der Waals surface area contributed by atoms with Crippen molar-refractivity contribution >= 4 is 0 Å². The Morgan fingerprint density at radius 2 is 2.55 bits per heavy atom. The minimum absolute atomic E-state index is 0.189. The lowest BCUT2D eigenvalue weighted by atomic mass is 9.82. The highest BCUT2D eigenvalue weighted by Gasteiger charge is 2.47. The van der Waals surface area contributed by atoms with Crippen LogP contribution in [0.25, 0.3) is 0 Å². The third kappa shape index (κ3) is 0.991. The number of aliphatic hydroxyl groups is 1. The minimum atomic E-state index is 0.189. The van der Waals surface area contributed by atoms with Crippen LogP contribution in [0.4, 0.5) is 0 Å². The summed E-state index contributed by atoms with van der Waals surface area (Å²) >= 11 is 0. The van der Waals surface area contributed by atoms with Crippen LogP contribution in [-0.2, 0) is 0 Å². The highest BCUT2D eigenvalue weighted by atomic mass is 16.3. The summed E-state index contributed by atoms with van der Waals surface area (Å²) in [7, 11) is 2.13. The van der Waals surface area contributed by atoms with Crippen molar-refractivity contribution in [1.82, 2.24) is 10.2 Å². The van der Waals surface area contributed by atoms with Crippen LogP contribution in [0, 0.1) is 11.3 Å². The first-order valence-corrected chi connectivity index (χ1v) is 4.27. The van der Waals surface area contributed by atoms with Crippen molar-refractivity contribution in [2.45, 2.75) is 0 Å². The van der Waals surface area contributed by atoms with Crippen LogP contribution in [0.15, 0.2) is 0 Å². The van der Waals surface area contributed by atoms with Gasteiger partial charge in [0.2, 0.25) is 0 Å². The monoisotopic (exact) mass is 156 g/mol. The number of nitrogens with one attached hydrogen (secondary N) is 1. The molecule has 2 heterocycles. The SMILES string of the molecule is CN1C[C@H]2CNC[C@@]2(CO)C1. The van der Waals surface area contributed by atoms with E-state index in [1.807, 2.05) is 0 Å². The van der Waals surface area contributed by atoms with Gasteiger partial charge in [0.25, 0.3) is 0 Å². The lowest BCUT2D eigenvalue weighted by Crippen LogP contribution is -2.35. The van der Waals surface area contributed by atoms with Crippen LogP contribution in [0.1, 0.15) is 0 Å². The van der Waals surface area contributed by atoms with Crippen molar-refractivity contribution in [3.05, 3.63) is 0 Å². The summed E-state index contributed by atoms with van der Waals surface area (Å²) in [5, 5.41) is 12.6. The first-order valence-electron chi connectivity index (χ1n) is 4.27. The summed E-state index contributed by atoms with van der Waals surface area (Å²) in [6.45, 7) is 4.63. The number of aliphatic hydroxyl groups excluding tert-OH is 1. The third-order valence-corrected chi connectivity index (χ3v) is 3.17. The average molecular weight is 156 g/mol. The number of likely N-dealkylation sites (tertiary alicyclic amines) is 1. The van der Waals surface area contributed by atoms with Gasteiger partial charge in [0.05, 0.1) is 6.61 Å². The van der Waals surface area contributed by atoms with Gasteiger partial charge in [-0.3, -0.25) is 0 Å². The Kier molecular flexibility index (Phi) is 1.67. The van der Waals surface area contributed by atoms with E-state index >= 15 is 0 Å². The topological polar surface area (TPSA) is 35.5 Å². The van der Waals surface area contributed by atoms with E-state index < -0.39 is 0 Å². The van der Waals surface area contributed by atoms with Gasteiger partial charge in [-0.25, -0.2) is 0 Å². The number of fused-ring (bicyclic) bond motifs is 1. The lowest BCUT2D eigenvalue weighted by Gasteiger charge is -2.24. The van der Waals surface area contributed by atoms with Crippen molar-refractivity contribution in [1.29, 1.82) is 0 Å². The molecule has 2 fully saturated rings. The largest absolute Gasteiger partial charge is 0.396 e. The van der Waals surface area contributed by atoms with Crippen molar-refractivity contribution in [2.75, 3.05) is 39.8 Å². The normalized spacial score (nSPS) is 44.7. The predicted octanol–water partition coefficient (Wildman–Crippen LogP) is -0.870. The van der Waals surface area contributed by atoms with Crippen molar-refractivity contribution < 1.29 is 5.11 Å². The fraction of sp³-hybridized carbons (Fsp3) is 1.00. The zero-order chi connectivity index (χ0) is 7.90. The maximum absolute atomic E-state index is 9.28. The summed E-state index contributed by atoms with van der Waals surface area (Å²) in [6, 6.07) is 0. The van der Waals surface area contributed by atoms with E-state index in [-0.39, 0.29) is 5.41 Å². The van der Waals surface area contributed by atoms with Crippen molar-refractivity contribution in [3.8, 4) is 0 Å². The first-order chi connectivity index (χ1) is 5.27. The van der Waals surface area contributed by atoms with E-state index in [4.69, 9.17) is 0 Å². The third-order valence-electron chi connectivity index (χ3n) is 3.17. The minimum Gasteiger partial charge on any atom is -0.396 e. The average Bonchev–Trinajstić information content (AvgIpc) is 2.43. The Morgan fingerprint density at radius 3 is 3.18 bits per heavy atom. The standard InChI is InChI=1S/C8H16N2O/c1-10-3-7-2-9-4-8(7,5-10)6-11/h7,9,11H,2-6H2,1H3/t7-,8+/m1/s1. The van der Waals surface area contributed by atoms with Crippen molar-refractivity contribution in [2.24, 2.45) is 11.3 Å². The van der Waals surface area contributed by atoms with Crippen LogP contribution in [0.5, 0.6) is 0 Å². The molecule has 2 rings (SSSR count). The molecule has 64 valence electrons. The molecule has 0 unspecified atom stereocenters. The lowest BCUT2D eigenvalue weighted by molar-refractivity contribution is 0.127. The van der Waals surface area contributed by atoms with Gasteiger partial charge in [-0.1, -0.05) is 0 Å². The molecule has 2 saturated heterocycles. The van der Waals surface area contributed by atoms with E-state index in [0.29, 0.717) is 12.5 Å². The van der Waals surface area contributed by atoms with E-state index in [1.54, 1.807) is 0 Å². The van der Waals surface area contributed by atoms with Crippen LogP contribution in [0.3, 0.4) is 0 Å². The van der Waals surface area contributed by atoms with E-state index in [9.17, 15) is 5.11 Å². The summed E-state index contributed by atoms with van der Waals surface area (Å²) in [5.74, 6) is 0.678. The van der Waals surface area contributed by atoms with E-state index in [2.05, 4.69) is 17.3 Å². The van der Waals surface area contributed by atoms with Gasteiger partial charge in [0.1, 0.15) is 0 Å². The summed E-state index contributed by atoms with van der Waals surface area (Å²) < 4.78 is 0. The second kappa shape index (κ2) is 2.44. The number of hydrogen-bond acceptors (Lipinski definition) is 3. The molecular formula is C8H16N2O. The summed E-state index contributed by atoms with van der Waals surface area (Å²) in [4.78, 5) is 2.32. The molecule has 2 atom stereocenters. The second-order valence-corrected chi connectivity index (χ2v) is 4.05. The Labute approximate surface area is 67.4 Å². The van der Waals surface area contributed by atoms with Crippen LogP contribution in [-0.4, -0.2) is 49.8 Å². The molecule has 2 aliphatic rings. The van der Waals surface area contributed by atoms with Crippen LogP contribution >= 0.6 is 0 Å². The molecule has 0 bridgehead atoms. The Hall–Kier alpha value is -0.120. The Bertz CT molecular complexity index is 162. The fourth-order valence-corrected chi connectivity index (χ4v) is 2.51. The zero-order valence-electron chi connectivity index (χ0n) is 7.01. The smallest absolute Gasteiger partial charge is 0.0515 e. The number of rotatable bonds is 1. The summed E-state index contributed by atoms with van der Waals surface area (Å²) in [6.07, 6.45) is 0. The highest BCUT2D eigenvalue weighted by Crippen LogP contribution is 2.37. The Balaban J connectivity index is 2.15. The van der Waals surface area contributed by atoms with Crippen LogP contribution in [0.2, 0.25) is 0 Å². The molecule has 0 spiro atoms. The molecule has 2 N–H and O–H groups in total. The molecule has 0 aromatic carbocycles. The van der Waals surface area contributed by atoms with Gasteiger partial charge in [0, 0.05) is 25.0 Å². The molecule has 0 radical (unpaired) electrons. The first kappa shape index (κ1) is 7.53. The molecule has 3 heteroatoms. The van der Waals surface area contributed by atoms with Gasteiger partial charge in [-0.05, 0) is 19.5 Å². The van der Waals surface area contributed by atoms with Gasteiger partial charge in [-0.15, -0.1) is 0 Å².